The summed E-state index contributed by atoms with van der Waals surface area (Å²) in [6.45, 7) is 2.15. The topological polar surface area (TPSA) is 28.7 Å². The second-order valence-electron chi connectivity index (χ2n) is 6.64. The monoisotopic (exact) mass is 334 g/mol. The Hall–Kier alpha value is -3.39. The van der Waals surface area contributed by atoms with E-state index in [1.807, 2.05) is 18.3 Å². The number of benzene rings is 3. The zero-order valence-electron chi connectivity index (χ0n) is 14.5. The van der Waals surface area contributed by atoms with Gasteiger partial charge in [-0.1, -0.05) is 48.5 Å². The summed E-state index contributed by atoms with van der Waals surface area (Å²) in [4.78, 5) is 8.09. The van der Waals surface area contributed by atoms with Crippen LogP contribution in [0.1, 0.15) is 5.56 Å². The van der Waals surface area contributed by atoms with Crippen molar-refractivity contribution in [3.63, 3.8) is 0 Å². The first kappa shape index (κ1) is 14.9. The largest absolute Gasteiger partial charge is 0.355 e. The molecule has 0 saturated carbocycles. The van der Waals surface area contributed by atoms with E-state index in [4.69, 9.17) is 0 Å². The number of nitrogens with zero attached hydrogens (tertiary/aromatic N) is 1. The van der Waals surface area contributed by atoms with Gasteiger partial charge < -0.3 is 4.98 Å². The molecule has 0 saturated heterocycles. The van der Waals surface area contributed by atoms with Crippen molar-refractivity contribution < 1.29 is 0 Å². The van der Waals surface area contributed by atoms with E-state index in [1.165, 1.54) is 44.1 Å². The Kier molecular flexibility index (Phi) is 3.36. The van der Waals surface area contributed by atoms with Crippen molar-refractivity contribution in [1.82, 2.24) is 9.97 Å². The van der Waals surface area contributed by atoms with Crippen molar-refractivity contribution in [1.29, 1.82) is 0 Å². The maximum absolute atomic E-state index is 4.59. The number of fused-ring (bicyclic) bond motifs is 3. The highest BCUT2D eigenvalue weighted by Crippen LogP contribution is 2.36. The number of rotatable bonds is 2. The highest BCUT2D eigenvalue weighted by Gasteiger charge is 2.12. The van der Waals surface area contributed by atoms with Gasteiger partial charge in [0.05, 0.1) is 5.69 Å². The zero-order chi connectivity index (χ0) is 17.5. The van der Waals surface area contributed by atoms with Crippen molar-refractivity contribution in [3.8, 4) is 22.4 Å². The lowest BCUT2D eigenvalue weighted by molar-refractivity contribution is 1.31. The number of nitrogens with one attached hydrogen (secondary N) is 1. The molecule has 124 valence electrons. The summed E-state index contributed by atoms with van der Waals surface area (Å²) in [5.41, 5.74) is 8.23. The average Bonchev–Trinajstić information content (AvgIpc) is 3.06. The average molecular weight is 334 g/mol. The molecule has 1 N–H and O–H groups in total. The molecule has 2 nitrogen and oxygen atoms in total. The van der Waals surface area contributed by atoms with E-state index >= 15 is 0 Å². The Morgan fingerprint density at radius 1 is 0.731 bits per heavy atom. The Morgan fingerprint density at radius 3 is 2.46 bits per heavy atom. The van der Waals surface area contributed by atoms with Crippen LogP contribution < -0.4 is 0 Å². The van der Waals surface area contributed by atoms with E-state index < -0.39 is 0 Å². The molecule has 0 amide bonds. The molecular formula is C24H18N2. The lowest BCUT2D eigenvalue weighted by Crippen LogP contribution is -1.91. The number of aromatic amines is 1. The molecule has 0 spiro atoms. The van der Waals surface area contributed by atoms with Crippen molar-refractivity contribution in [2.45, 2.75) is 6.92 Å². The molecule has 5 aromatic rings. The van der Waals surface area contributed by atoms with Crippen LogP contribution in [0.3, 0.4) is 0 Å². The molecule has 0 bridgehead atoms. The van der Waals surface area contributed by atoms with Crippen LogP contribution >= 0.6 is 0 Å². The molecule has 26 heavy (non-hydrogen) atoms. The fourth-order valence-corrected chi connectivity index (χ4v) is 3.77. The van der Waals surface area contributed by atoms with Gasteiger partial charge in [0, 0.05) is 33.6 Å². The van der Waals surface area contributed by atoms with Crippen molar-refractivity contribution in [2.24, 2.45) is 0 Å². The molecular weight excluding hydrogens is 316 g/mol. The van der Waals surface area contributed by atoms with Crippen LogP contribution in [-0.2, 0) is 0 Å². The summed E-state index contributed by atoms with van der Waals surface area (Å²) >= 11 is 0. The first-order valence-electron chi connectivity index (χ1n) is 8.83. The Morgan fingerprint density at radius 2 is 1.58 bits per heavy atom. The third kappa shape index (κ3) is 2.31. The Labute approximate surface area is 152 Å². The fraction of sp³-hybridized carbons (Fsp3) is 0.0417. The van der Waals surface area contributed by atoms with E-state index in [9.17, 15) is 0 Å². The van der Waals surface area contributed by atoms with Gasteiger partial charge in [-0.15, -0.1) is 0 Å². The summed E-state index contributed by atoms with van der Waals surface area (Å²) in [6.07, 6.45) is 1.86. The Bertz CT molecular complexity index is 1230. The number of hydrogen-bond donors (Lipinski definition) is 1. The molecule has 5 rings (SSSR count). The van der Waals surface area contributed by atoms with Gasteiger partial charge in [-0.25, -0.2) is 0 Å². The smallest absolute Gasteiger partial charge is 0.0710 e. The molecule has 0 atom stereocenters. The maximum atomic E-state index is 4.59. The number of para-hydroxylation sites is 1. The van der Waals surface area contributed by atoms with Gasteiger partial charge in [0.2, 0.25) is 0 Å². The highest BCUT2D eigenvalue weighted by molar-refractivity contribution is 6.08. The summed E-state index contributed by atoms with van der Waals surface area (Å²) in [6, 6.07) is 27.7. The number of H-pyrrole nitrogens is 1. The molecule has 0 radical (unpaired) electrons. The van der Waals surface area contributed by atoms with Crippen molar-refractivity contribution in [3.05, 3.63) is 90.6 Å². The van der Waals surface area contributed by atoms with Crippen LogP contribution in [0.5, 0.6) is 0 Å². The maximum Gasteiger partial charge on any atom is 0.0710 e. The first-order valence-corrected chi connectivity index (χ1v) is 8.83. The van der Waals surface area contributed by atoms with Crippen LogP contribution in [0.4, 0.5) is 0 Å². The summed E-state index contributed by atoms with van der Waals surface area (Å²) in [5, 5.41) is 2.52. The summed E-state index contributed by atoms with van der Waals surface area (Å²) < 4.78 is 0. The normalized spacial score (nSPS) is 11.3. The van der Waals surface area contributed by atoms with E-state index in [2.05, 4.69) is 83.6 Å². The van der Waals surface area contributed by atoms with E-state index in [-0.39, 0.29) is 0 Å². The molecule has 0 fully saturated rings. The van der Waals surface area contributed by atoms with Crippen LogP contribution in [0.15, 0.2) is 85.1 Å². The number of aryl methyl sites for hydroxylation is 1. The van der Waals surface area contributed by atoms with Gasteiger partial charge in [0.15, 0.2) is 0 Å². The van der Waals surface area contributed by atoms with Crippen LogP contribution in [0.2, 0.25) is 0 Å². The van der Waals surface area contributed by atoms with Crippen LogP contribution in [0, 0.1) is 6.92 Å². The zero-order valence-corrected chi connectivity index (χ0v) is 14.5. The minimum absolute atomic E-state index is 1.01. The van der Waals surface area contributed by atoms with Crippen LogP contribution in [-0.4, -0.2) is 9.97 Å². The van der Waals surface area contributed by atoms with E-state index in [0.29, 0.717) is 0 Å². The predicted molar refractivity (Wildman–Crippen MR) is 109 cm³/mol. The molecule has 2 heterocycles. The minimum Gasteiger partial charge on any atom is -0.355 e. The number of pyridine rings is 1. The molecule has 0 aliphatic carbocycles. The first-order chi connectivity index (χ1) is 12.8. The molecule has 0 unspecified atom stereocenters. The lowest BCUT2D eigenvalue weighted by Gasteiger charge is -2.13. The third-order valence-electron chi connectivity index (χ3n) is 5.01. The molecule has 2 aromatic heterocycles. The molecule has 0 aliphatic rings. The van der Waals surface area contributed by atoms with Gasteiger partial charge in [-0.3, -0.25) is 4.98 Å². The van der Waals surface area contributed by atoms with Gasteiger partial charge in [0.25, 0.3) is 0 Å². The summed E-state index contributed by atoms with van der Waals surface area (Å²) in [5.74, 6) is 0. The number of aromatic nitrogens is 2. The molecule has 3 aromatic carbocycles. The second-order valence-corrected chi connectivity index (χ2v) is 6.64. The fourth-order valence-electron chi connectivity index (χ4n) is 3.77. The van der Waals surface area contributed by atoms with E-state index in [0.717, 1.165) is 5.69 Å². The van der Waals surface area contributed by atoms with Crippen molar-refractivity contribution >= 4 is 21.8 Å². The predicted octanol–water partition coefficient (Wildman–Crippen LogP) is 6.36. The minimum atomic E-state index is 1.01. The summed E-state index contributed by atoms with van der Waals surface area (Å²) in [7, 11) is 0. The van der Waals surface area contributed by atoms with Gasteiger partial charge in [-0.05, 0) is 53.9 Å². The van der Waals surface area contributed by atoms with Crippen LogP contribution in [0.25, 0.3) is 44.2 Å². The van der Waals surface area contributed by atoms with Crippen molar-refractivity contribution in [2.75, 3.05) is 0 Å². The molecule has 0 aliphatic heterocycles. The third-order valence-corrected chi connectivity index (χ3v) is 5.01. The van der Waals surface area contributed by atoms with Gasteiger partial charge in [0.1, 0.15) is 0 Å². The highest BCUT2D eigenvalue weighted by atomic mass is 14.7. The van der Waals surface area contributed by atoms with Gasteiger partial charge >= 0.3 is 0 Å². The number of hydrogen-bond acceptors (Lipinski definition) is 1. The quantitative estimate of drug-likeness (QED) is 0.400. The SMILES string of the molecule is Cc1cccc(-c2ccc3[nH]c4ccccc4c3c2)c1-c1ccccn1. The molecule has 2 heteroatoms. The van der Waals surface area contributed by atoms with Gasteiger partial charge in [-0.2, -0.15) is 0 Å². The second kappa shape index (κ2) is 5.85. The standard InChI is InChI=1S/C24H18N2/c1-16-7-6-9-18(24(16)23-11-4-5-14-25-23)17-12-13-22-20(15-17)19-8-2-3-10-21(19)26-22/h2-15,26H,1H3. The lowest BCUT2D eigenvalue weighted by atomic mass is 9.93. The Balaban J connectivity index is 1.78. The van der Waals surface area contributed by atoms with E-state index in [1.54, 1.807) is 0 Å².